The van der Waals surface area contributed by atoms with Gasteiger partial charge in [0, 0.05) is 100 Å². The van der Waals surface area contributed by atoms with Crippen LogP contribution in [0, 0.1) is 11.8 Å². The number of benzene rings is 2. The first kappa shape index (κ1) is 83.2. The number of ketones is 3. The van der Waals surface area contributed by atoms with Crippen LogP contribution < -0.4 is 21.7 Å². The lowest BCUT2D eigenvalue weighted by atomic mass is 9.95. The van der Waals surface area contributed by atoms with Crippen LogP contribution in [0.3, 0.4) is 0 Å². The van der Waals surface area contributed by atoms with Crippen molar-refractivity contribution in [2.45, 2.75) is 164 Å². The molecule has 3 aliphatic heterocycles. The zero-order valence-corrected chi connectivity index (χ0v) is 59.3. The number of nitrogens with one attached hydrogen (secondary N) is 3. The highest BCUT2D eigenvalue weighted by Gasteiger charge is 2.45. The number of carboxylic acid groups (broad SMARTS) is 5. The Kier molecular flexibility index (Phi) is 36.1. The molecule has 0 radical (unpaired) electrons. The fourth-order valence-electron chi connectivity index (χ4n) is 12.3. The van der Waals surface area contributed by atoms with Crippen LogP contribution in [0.1, 0.15) is 126 Å². The second-order valence-corrected chi connectivity index (χ2v) is 28.8. The van der Waals surface area contributed by atoms with Crippen molar-refractivity contribution in [3.05, 3.63) is 70.8 Å². The normalized spacial score (nSPS) is 21.3. The summed E-state index contributed by atoms with van der Waals surface area (Å²) in [4.78, 5) is 192. The number of nitrogens with two attached hydrogens (primary N) is 1. The molecular weight excluding hydrogens is 1360 g/mol. The van der Waals surface area contributed by atoms with Gasteiger partial charge >= 0.3 is 29.8 Å². The third-order valence-electron chi connectivity index (χ3n) is 17.3. The lowest BCUT2D eigenvalue weighted by Gasteiger charge is -2.33. The van der Waals surface area contributed by atoms with Crippen molar-refractivity contribution in [1.82, 2.24) is 40.4 Å². The Morgan fingerprint density at radius 3 is 1.75 bits per heavy atom. The maximum Gasteiger partial charge on any atom is 0.317 e. The van der Waals surface area contributed by atoms with E-state index in [0.29, 0.717) is 48.5 Å². The summed E-state index contributed by atoms with van der Waals surface area (Å²) in [5, 5.41) is 67.1. The van der Waals surface area contributed by atoms with Crippen molar-refractivity contribution >= 4 is 118 Å². The quantitative estimate of drug-likeness (QED) is 0.0442. The van der Waals surface area contributed by atoms with E-state index in [1.807, 2.05) is 25.1 Å². The van der Waals surface area contributed by atoms with Gasteiger partial charge in [-0.1, -0.05) is 68.3 Å². The number of amides is 6. The molecule has 0 aliphatic carbocycles. The van der Waals surface area contributed by atoms with Crippen molar-refractivity contribution in [2.24, 2.45) is 17.6 Å². The van der Waals surface area contributed by atoms with E-state index in [1.54, 1.807) is 30.3 Å². The molecule has 0 unspecified atom stereocenters. The third kappa shape index (κ3) is 29.6. The van der Waals surface area contributed by atoms with Gasteiger partial charge in [-0.3, -0.25) is 81.8 Å². The molecule has 0 saturated carbocycles. The average Bonchev–Trinajstić information content (AvgIpc) is 1.63. The molecule has 0 aromatic heterocycles. The number of carboxylic acids is 5. The Hall–Kier alpha value is -7.49. The van der Waals surface area contributed by atoms with Crippen molar-refractivity contribution in [2.75, 3.05) is 89.3 Å². The zero-order valence-electron chi connectivity index (χ0n) is 56.8. The molecule has 552 valence electrons. The van der Waals surface area contributed by atoms with Crippen LogP contribution in [0.5, 0.6) is 0 Å². The van der Waals surface area contributed by atoms with Crippen molar-refractivity contribution in [1.29, 1.82) is 0 Å². The Bertz CT molecular complexity index is 3150. The van der Waals surface area contributed by atoms with Gasteiger partial charge in [-0.15, -0.1) is 0 Å². The number of carbonyl (C=O) groups is 14. The summed E-state index contributed by atoms with van der Waals surface area (Å²) >= 11 is 4.19. The summed E-state index contributed by atoms with van der Waals surface area (Å²) < 4.78 is 0. The zero-order chi connectivity index (χ0) is 73.4. The number of primary amides is 1. The van der Waals surface area contributed by atoms with Gasteiger partial charge in [0.15, 0.2) is 5.78 Å². The molecule has 2 aromatic carbocycles. The van der Waals surface area contributed by atoms with Crippen LogP contribution in [-0.4, -0.2) is 263 Å². The lowest BCUT2D eigenvalue weighted by Crippen LogP contribution is -2.61. The number of rotatable bonds is 35. The molecule has 11 N–H and O–H groups in total. The van der Waals surface area contributed by atoms with Crippen LogP contribution in [0.15, 0.2) is 48.5 Å². The minimum atomic E-state index is -1.70. The van der Waals surface area contributed by atoms with Crippen LogP contribution in [0.25, 0.3) is 0 Å². The van der Waals surface area contributed by atoms with Crippen LogP contribution in [0.4, 0.5) is 0 Å². The highest BCUT2D eigenvalue weighted by Crippen LogP contribution is 2.31. The summed E-state index contributed by atoms with van der Waals surface area (Å²) in [6.07, 6.45) is 1.26. The van der Waals surface area contributed by atoms with E-state index in [0.717, 1.165) is 34.4 Å². The minimum absolute atomic E-state index is 0.0346. The maximum absolute atomic E-state index is 14.9. The first-order chi connectivity index (χ1) is 47.6. The van der Waals surface area contributed by atoms with E-state index in [2.05, 4.69) is 16.0 Å². The number of aliphatic hydroxyl groups is 1. The van der Waals surface area contributed by atoms with Gasteiger partial charge in [0.2, 0.25) is 35.4 Å². The van der Waals surface area contributed by atoms with Crippen molar-refractivity contribution in [3.63, 3.8) is 0 Å². The predicted molar refractivity (Wildman–Crippen MR) is 373 cm³/mol. The topological polar surface area (TPSA) is 439 Å². The molecule has 29 nitrogen and oxygen atoms in total. The molecule has 2 aromatic rings. The SMILES string of the molecule is CCCCCC(=O)C[C@H]1CSCc2cc(CSCCCC(=O)CN(CCN(CCN(CC(=O)O)CC(=O)O)CC(=O)O)CC(=O)O)cc(c2)CSC[C@@H](C(=O)O)CC(=O)[C@H](Cc2ccccc2)NC(=O)[C@H](CCC(N)=O)NC(=O)[C@H]([C@@H](C)O)NC(=O)[C@@H]2CCCN2C(=O)[C@@H]2CCCN2C1=O. The number of hydrogen-bond acceptors (Lipinski definition) is 21. The number of Topliss-reactive ketones (excluding diaryl/α,β-unsaturated/α-hetero) is 3. The molecule has 3 heterocycles. The smallest absolute Gasteiger partial charge is 0.317 e. The second-order valence-electron chi connectivity index (χ2n) is 25.7. The molecular formula is C68H97N9O20S3. The highest BCUT2D eigenvalue weighted by molar-refractivity contribution is 7.99. The van der Waals surface area contributed by atoms with Gasteiger partial charge in [0.25, 0.3) is 0 Å². The first-order valence-electron chi connectivity index (χ1n) is 33.8. The highest BCUT2D eigenvalue weighted by atomic mass is 32.2. The second kappa shape index (κ2) is 43.3. The predicted octanol–water partition coefficient (Wildman–Crippen LogP) is 2.13. The van der Waals surface area contributed by atoms with E-state index in [9.17, 15) is 97.8 Å². The fourth-order valence-corrected chi connectivity index (χ4v) is 15.3. The average molecular weight is 1460 g/mol. The van der Waals surface area contributed by atoms with Crippen LogP contribution >= 0.6 is 35.3 Å². The van der Waals surface area contributed by atoms with Gasteiger partial charge < -0.3 is 62.1 Å². The lowest BCUT2D eigenvalue weighted by molar-refractivity contribution is -0.148. The Labute approximate surface area is 594 Å². The van der Waals surface area contributed by atoms with E-state index >= 15 is 0 Å². The fraction of sp³-hybridized carbons (Fsp3) is 0.618. The Balaban J connectivity index is 1.42. The molecule has 2 fully saturated rings. The molecule has 3 aliphatic rings. The first-order valence-corrected chi connectivity index (χ1v) is 37.3. The number of thioether (sulfide) groups is 3. The number of fused-ring (bicyclic) bond motifs is 4. The minimum Gasteiger partial charge on any atom is -0.481 e. The molecule has 0 spiro atoms. The van der Waals surface area contributed by atoms with Crippen molar-refractivity contribution in [3.8, 4) is 0 Å². The standard InChI is InChI=1S/C68H97N9O20S3/c1-3-4-6-14-50(79)31-48-41-99-39-46-27-45(38-98-26-11-15-51(80)33-74(35-59(85)86)24-22-73(34-58(83)84)23-25-75(36-60(87)88)37-61(89)90)28-47(29-46)40-100-42-49(68(96)97)32-56(81)53(30-44-12-7-5-8-13-44)71-63(91)52(18-19-57(69)82)70-65(93)62(43(2)78)72-64(92)54-16-9-20-76(54)67(95)55-17-10-21-77(55)66(48)94/h5,7-8,12-13,27-29,43,48-49,52-55,62,78H,3-4,6,9-11,14-26,30-42H2,1-2H3,(H2,69,82)(H,70,93)(H,71,91)(H,72,92)(H,83,84)(H,85,86)(H,87,88)(H,89,90)(H,96,97)/t43-,48+,49+,52+,53+,54+,55+,62+/m1/s1. The Morgan fingerprint density at radius 1 is 0.620 bits per heavy atom. The number of aliphatic carboxylic acids is 5. The number of hydrogen-bond donors (Lipinski definition) is 10. The van der Waals surface area contributed by atoms with E-state index in [1.165, 1.54) is 61.8 Å². The van der Waals surface area contributed by atoms with Gasteiger partial charge in [0.05, 0.1) is 56.7 Å². The third-order valence-corrected chi connectivity index (χ3v) is 20.8. The maximum atomic E-state index is 14.9. The van der Waals surface area contributed by atoms with E-state index in [-0.39, 0.29) is 125 Å². The van der Waals surface area contributed by atoms with Gasteiger partial charge in [-0.2, -0.15) is 35.3 Å². The molecule has 8 atom stereocenters. The van der Waals surface area contributed by atoms with Crippen LogP contribution in [0.2, 0.25) is 0 Å². The summed E-state index contributed by atoms with van der Waals surface area (Å²) in [5.74, 6) is -12.3. The molecule has 32 heteroatoms. The number of unbranched alkanes of at least 4 members (excludes halogenated alkanes) is 2. The van der Waals surface area contributed by atoms with Gasteiger partial charge in [0.1, 0.15) is 35.7 Å². The molecule has 100 heavy (non-hydrogen) atoms. The summed E-state index contributed by atoms with van der Waals surface area (Å²) in [6.45, 7) is 0.785. The van der Waals surface area contributed by atoms with Crippen molar-refractivity contribution < 1.29 is 97.8 Å². The van der Waals surface area contributed by atoms with Gasteiger partial charge in [-0.05, 0) is 86.3 Å². The number of aliphatic hydroxyl groups excluding tert-OH is 1. The Morgan fingerprint density at radius 2 is 1.17 bits per heavy atom. The van der Waals surface area contributed by atoms with E-state index < -0.39 is 152 Å². The summed E-state index contributed by atoms with van der Waals surface area (Å²) in [7, 11) is 0. The van der Waals surface area contributed by atoms with E-state index in [4.69, 9.17) is 5.73 Å². The number of nitrogens with zero attached hydrogens (tertiary/aromatic N) is 5. The van der Waals surface area contributed by atoms with Gasteiger partial charge in [-0.25, -0.2) is 0 Å². The summed E-state index contributed by atoms with van der Waals surface area (Å²) in [5.41, 5.74) is 8.58. The monoisotopic (exact) mass is 1460 g/mol. The summed E-state index contributed by atoms with van der Waals surface area (Å²) in [6, 6.07) is 7.74. The van der Waals surface area contributed by atoms with Crippen LogP contribution in [-0.2, 0) is 90.8 Å². The molecule has 2 bridgehead atoms. The molecule has 2 saturated heterocycles. The molecule has 6 amide bonds. The largest absolute Gasteiger partial charge is 0.481 e. The molecule has 5 rings (SSSR count). The number of carbonyl (C=O) groups excluding carboxylic acids is 9.